The molecule has 0 bridgehead atoms. The van der Waals surface area contributed by atoms with Gasteiger partial charge in [0.15, 0.2) is 0 Å². The van der Waals surface area contributed by atoms with Crippen molar-refractivity contribution in [2.75, 3.05) is 13.1 Å². The highest BCUT2D eigenvalue weighted by molar-refractivity contribution is 7.89. The van der Waals surface area contributed by atoms with Crippen LogP contribution in [0.2, 0.25) is 0 Å². The van der Waals surface area contributed by atoms with E-state index in [1.807, 2.05) is 26.0 Å². The van der Waals surface area contributed by atoms with Crippen molar-refractivity contribution in [2.24, 2.45) is 0 Å². The number of rotatable bonds is 6. The van der Waals surface area contributed by atoms with Gasteiger partial charge in [-0.1, -0.05) is 19.9 Å². The molecule has 0 aliphatic carbocycles. The van der Waals surface area contributed by atoms with E-state index in [0.29, 0.717) is 18.0 Å². The van der Waals surface area contributed by atoms with Crippen LogP contribution in [0.15, 0.2) is 23.1 Å². The molecule has 1 aliphatic heterocycles. The van der Waals surface area contributed by atoms with Crippen molar-refractivity contribution in [1.82, 2.24) is 9.62 Å². The average molecular weight is 282 g/mol. The normalized spacial score (nSPS) is 14.9. The van der Waals surface area contributed by atoms with Crippen molar-refractivity contribution in [3.05, 3.63) is 29.3 Å². The molecule has 0 saturated heterocycles. The van der Waals surface area contributed by atoms with Crippen molar-refractivity contribution < 1.29 is 8.42 Å². The van der Waals surface area contributed by atoms with Gasteiger partial charge in [0.05, 0.1) is 4.90 Å². The lowest BCUT2D eigenvalue weighted by Crippen LogP contribution is -2.32. The van der Waals surface area contributed by atoms with Crippen LogP contribution in [0.3, 0.4) is 0 Å². The number of nitrogens with zero attached hydrogens (tertiary/aromatic N) is 1. The van der Waals surface area contributed by atoms with Crippen molar-refractivity contribution in [1.29, 1.82) is 0 Å². The van der Waals surface area contributed by atoms with E-state index in [0.717, 1.165) is 31.5 Å². The summed E-state index contributed by atoms with van der Waals surface area (Å²) < 4.78 is 26.8. The van der Waals surface area contributed by atoms with Gasteiger partial charge in [-0.3, -0.25) is 0 Å². The minimum atomic E-state index is -3.34. The third-order valence-electron chi connectivity index (χ3n) is 3.39. The van der Waals surface area contributed by atoms with Gasteiger partial charge in [0.25, 0.3) is 0 Å². The Morgan fingerprint density at radius 3 is 2.37 bits per heavy atom. The molecule has 0 fully saturated rings. The molecule has 5 heteroatoms. The van der Waals surface area contributed by atoms with Gasteiger partial charge < -0.3 is 5.32 Å². The molecule has 0 aromatic heterocycles. The maximum absolute atomic E-state index is 12.6. The summed E-state index contributed by atoms with van der Waals surface area (Å²) in [7, 11) is -3.34. The summed E-state index contributed by atoms with van der Waals surface area (Å²) in [6, 6.07) is 5.49. The van der Waals surface area contributed by atoms with E-state index in [2.05, 4.69) is 5.32 Å². The van der Waals surface area contributed by atoms with Gasteiger partial charge in [-0.25, -0.2) is 8.42 Å². The fourth-order valence-electron chi connectivity index (χ4n) is 2.43. The molecule has 0 amide bonds. The SMILES string of the molecule is CCCN(CCC)S(=O)(=O)c1ccc2c(c1)CNC2. The maximum Gasteiger partial charge on any atom is 0.243 e. The number of fused-ring (bicyclic) bond motifs is 1. The fraction of sp³-hybridized carbons (Fsp3) is 0.571. The zero-order valence-corrected chi connectivity index (χ0v) is 12.5. The molecule has 1 aliphatic rings. The smallest absolute Gasteiger partial charge is 0.243 e. The third kappa shape index (κ3) is 2.99. The largest absolute Gasteiger partial charge is 0.309 e. The van der Waals surface area contributed by atoms with E-state index in [1.165, 1.54) is 5.56 Å². The maximum atomic E-state index is 12.6. The van der Waals surface area contributed by atoms with E-state index in [4.69, 9.17) is 0 Å². The first-order valence-electron chi connectivity index (χ1n) is 6.92. The molecule has 0 spiro atoms. The first-order chi connectivity index (χ1) is 9.09. The van der Waals surface area contributed by atoms with Gasteiger partial charge in [-0.2, -0.15) is 4.31 Å². The summed E-state index contributed by atoms with van der Waals surface area (Å²) in [5.74, 6) is 0. The average Bonchev–Trinajstić information content (AvgIpc) is 2.85. The molecule has 1 heterocycles. The highest BCUT2D eigenvalue weighted by Crippen LogP contribution is 2.23. The first-order valence-corrected chi connectivity index (χ1v) is 8.36. The Morgan fingerprint density at radius 1 is 1.11 bits per heavy atom. The van der Waals surface area contributed by atoms with Crippen LogP contribution in [0.25, 0.3) is 0 Å². The second kappa shape index (κ2) is 6.03. The lowest BCUT2D eigenvalue weighted by atomic mass is 10.1. The molecular formula is C14H22N2O2S. The molecular weight excluding hydrogens is 260 g/mol. The van der Waals surface area contributed by atoms with Gasteiger partial charge in [-0.05, 0) is 36.1 Å². The Balaban J connectivity index is 2.32. The Bertz CT molecular complexity index is 534. The zero-order valence-electron chi connectivity index (χ0n) is 11.6. The fourth-order valence-corrected chi connectivity index (χ4v) is 4.11. The summed E-state index contributed by atoms with van der Waals surface area (Å²) in [5.41, 5.74) is 2.31. The molecule has 0 unspecified atom stereocenters. The number of benzene rings is 1. The second-order valence-corrected chi connectivity index (χ2v) is 6.88. The monoisotopic (exact) mass is 282 g/mol. The Morgan fingerprint density at radius 2 is 1.74 bits per heavy atom. The molecule has 0 radical (unpaired) electrons. The van der Waals surface area contributed by atoms with Crippen LogP contribution >= 0.6 is 0 Å². The molecule has 2 rings (SSSR count). The number of nitrogens with one attached hydrogen (secondary N) is 1. The topological polar surface area (TPSA) is 49.4 Å². The van der Waals surface area contributed by atoms with Crippen LogP contribution in [0.1, 0.15) is 37.8 Å². The van der Waals surface area contributed by atoms with Gasteiger partial charge in [0.2, 0.25) is 10.0 Å². The van der Waals surface area contributed by atoms with Crippen molar-refractivity contribution >= 4 is 10.0 Å². The zero-order chi connectivity index (χ0) is 13.9. The highest BCUT2D eigenvalue weighted by atomic mass is 32.2. The quantitative estimate of drug-likeness (QED) is 0.869. The molecule has 0 atom stereocenters. The van der Waals surface area contributed by atoms with Gasteiger partial charge in [0, 0.05) is 26.2 Å². The summed E-state index contributed by atoms with van der Waals surface area (Å²) in [4.78, 5) is 0.428. The Kier molecular flexibility index (Phi) is 4.60. The minimum Gasteiger partial charge on any atom is -0.309 e. The Labute approximate surface area is 115 Å². The second-order valence-electron chi connectivity index (χ2n) is 4.94. The van der Waals surface area contributed by atoms with Gasteiger partial charge >= 0.3 is 0 Å². The van der Waals surface area contributed by atoms with Crippen molar-refractivity contribution in [2.45, 2.75) is 44.7 Å². The third-order valence-corrected chi connectivity index (χ3v) is 5.29. The summed E-state index contributed by atoms with van der Waals surface area (Å²) in [6.07, 6.45) is 1.68. The molecule has 1 aromatic carbocycles. The molecule has 106 valence electrons. The lowest BCUT2D eigenvalue weighted by Gasteiger charge is -2.21. The van der Waals surface area contributed by atoms with Gasteiger partial charge in [-0.15, -0.1) is 0 Å². The number of hydrogen-bond acceptors (Lipinski definition) is 3. The number of hydrogen-bond donors (Lipinski definition) is 1. The number of sulfonamides is 1. The van der Waals surface area contributed by atoms with Crippen LogP contribution in [0.4, 0.5) is 0 Å². The van der Waals surface area contributed by atoms with E-state index in [1.54, 1.807) is 10.4 Å². The van der Waals surface area contributed by atoms with Crippen molar-refractivity contribution in [3.63, 3.8) is 0 Å². The lowest BCUT2D eigenvalue weighted by molar-refractivity contribution is 0.410. The van der Waals surface area contributed by atoms with Crippen LogP contribution in [0.5, 0.6) is 0 Å². The van der Waals surface area contributed by atoms with E-state index < -0.39 is 10.0 Å². The van der Waals surface area contributed by atoms with Crippen LogP contribution in [-0.2, 0) is 23.1 Å². The predicted octanol–water partition coefficient (Wildman–Crippen LogP) is 2.10. The molecule has 19 heavy (non-hydrogen) atoms. The standard InChI is InChI=1S/C14H22N2O2S/c1-3-7-16(8-4-2)19(17,18)14-6-5-12-10-15-11-13(12)9-14/h5-6,9,15H,3-4,7-8,10-11H2,1-2H3. The highest BCUT2D eigenvalue weighted by Gasteiger charge is 2.24. The van der Waals surface area contributed by atoms with E-state index >= 15 is 0 Å². The predicted molar refractivity (Wildman–Crippen MR) is 76.3 cm³/mol. The summed E-state index contributed by atoms with van der Waals surface area (Å²) in [5, 5.41) is 3.24. The molecule has 4 nitrogen and oxygen atoms in total. The molecule has 1 aromatic rings. The van der Waals surface area contributed by atoms with Crippen LogP contribution in [-0.4, -0.2) is 25.8 Å². The van der Waals surface area contributed by atoms with Crippen LogP contribution in [0, 0.1) is 0 Å². The molecule has 1 N–H and O–H groups in total. The van der Waals surface area contributed by atoms with E-state index in [-0.39, 0.29) is 0 Å². The molecule has 0 saturated carbocycles. The summed E-state index contributed by atoms with van der Waals surface area (Å²) in [6.45, 7) is 6.79. The minimum absolute atomic E-state index is 0.428. The Hall–Kier alpha value is -0.910. The van der Waals surface area contributed by atoms with Crippen molar-refractivity contribution in [3.8, 4) is 0 Å². The summed E-state index contributed by atoms with van der Waals surface area (Å²) >= 11 is 0. The van der Waals surface area contributed by atoms with Gasteiger partial charge in [0.1, 0.15) is 0 Å². The first kappa shape index (κ1) is 14.5. The van der Waals surface area contributed by atoms with E-state index in [9.17, 15) is 8.42 Å². The van der Waals surface area contributed by atoms with Crippen LogP contribution < -0.4 is 5.32 Å².